The van der Waals surface area contributed by atoms with E-state index in [1.165, 1.54) is 0 Å². The number of allylic oxidation sites excluding steroid dienone is 2. The van der Waals surface area contributed by atoms with E-state index in [-0.39, 0.29) is 6.98 Å². The summed E-state index contributed by atoms with van der Waals surface area (Å²) < 4.78 is 3.88. The minimum atomic E-state index is 0.205. The highest BCUT2D eigenvalue weighted by atomic mass is 15.1. The zero-order valence-electron chi connectivity index (χ0n) is 6.94. The number of imidazole rings is 1. The van der Waals surface area contributed by atoms with Crippen molar-refractivity contribution >= 4 is 6.98 Å². The van der Waals surface area contributed by atoms with Crippen molar-refractivity contribution in [3.8, 4) is 0 Å². The average molecular weight is 159 g/mol. The Hall–Kier alpha value is -1.45. The zero-order chi connectivity index (χ0) is 8.39. The van der Waals surface area contributed by atoms with Crippen LogP contribution >= 0.6 is 0 Å². The van der Waals surface area contributed by atoms with E-state index >= 15 is 0 Å². The maximum atomic E-state index is 3.20. The van der Waals surface area contributed by atoms with E-state index in [1.807, 2.05) is 46.8 Å². The largest absolute Gasteiger partial charge is 0.501 e. The molecule has 0 saturated heterocycles. The summed E-state index contributed by atoms with van der Waals surface area (Å²) in [5.74, 6) is 2.08. The number of rotatable bonds is 1. The van der Waals surface area contributed by atoms with Gasteiger partial charge in [-0.3, -0.25) is 0 Å². The van der Waals surface area contributed by atoms with Gasteiger partial charge in [-0.2, -0.15) is 0 Å². The van der Waals surface area contributed by atoms with Gasteiger partial charge in [0, 0.05) is 0 Å². The standard InChI is InChI=1S/C8H10BN3/c1-11-6-7-12(8-11)9-4-2-3-5-10-9/h2-7,10H,1H3. The lowest BCUT2D eigenvalue weighted by Crippen LogP contribution is -2.38. The second-order valence-corrected chi connectivity index (χ2v) is 2.77. The molecule has 2 rings (SSSR count). The van der Waals surface area contributed by atoms with Gasteiger partial charge >= 0.3 is 6.98 Å². The number of hydrogen-bond acceptors (Lipinski definition) is 1. The molecular formula is C8H10BN3. The molecule has 1 aromatic rings. The van der Waals surface area contributed by atoms with Gasteiger partial charge in [0.2, 0.25) is 0 Å². The monoisotopic (exact) mass is 159 g/mol. The molecule has 0 fully saturated rings. The Bertz CT molecular complexity index is 327. The number of nitrogens with zero attached hydrogens (tertiary/aromatic N) is 2. The third-order valence-corrected chi connectivity index (χ3v) is 1.79. The summed E-state index contributed by atoms with van der Waals surface area (Å²) in [6, 6.07) is 0. The summed E-state index contributed by atoms with van der Waals surface area (Å²) >= 11 is 0. The van der Waals surface area contributed by atoms with E-state index in [0.29, 0.717) is 0 Å². The lowest BCUT2D eigenvalue weighted by atomic mass is 9.75. The van der Waals surface area contributed by atoms with Crippen LogP contribution in [-0.2, 0) is 7.05 Å². The Morgan fingerprint density at radius 1 is 1.50 bits per heavy atom. The minimum Gasteiger partial charge on any atom is -0.394 e. The molecule has 2 heterocycles. The first-order chi connectivity index (χ1) is 5.86. The first kappa shape index (κ1) is 7.22. The SMILES string of the molecule is C[n+]1[c-]n(B2C=CC=CN2)cc1. The number of nitrogens with one attached hydrogen (secondary N) is 1. The summed E-state index contributed by atoms with van der Waals surface area (Å²) in [6.45, 7) is 0.205. The average Bonchev–Trinajstić information content (AvgIpc) is 2.54. The van der Waals surface area contributed by atoms with Crippen LogP contribution in [0.3, 0.4) is 0 Å². The second kappa shape index (κ2) is 2.89. The van der Waals surface area contributed by atoms with Crippen molar-refractivity contribution < 1.29 is 4.57 Å². The Morgan fingerprint density at radius 2 is 2.42 bits per heavy atom. The molecule has 0 bridgehead atoms. The first-order valence-corrected chi connectivity index (χ1v) is 3.91. The Morgan fingerprint density at radius 3 is 3.00 bits per heavy atom. The smallest absolute Gasteiger partial charge is 0.394 e. The molecule has 1 aliphatic heterocycles. The van der Waals surface area contributed by atoms with Crippen LogP contribution in [0.2, 0.25) is 0 Å². The van der Waals surface area contributed by atoms with Crippen molar-refractivity contribution in [3.05, 3.63) is 43.0 Å². The molecule has 60 valence electrons. The van der Waals surface area contributed by atoms with Crippen molar-refractivity contribution in [2.24, 2.45) is 7.05 Å². The molecule has 1 aliphatic rings. The second-order valence-electron chi connectivity index (χ2n) is 2.77. The molecule has 1 N–H and O–H groups in total. The Kier molecular flexibility index (Phi) is 1.74. The van der Waals surface area contributed by atoms with Crippen molar-refractivity contribution in [2.45, 2.75) is 0 Å². The maximum Gasteiger partial charge on any atom is 0.501 e. The van der Waals surface area contributed by atoms with E-state index in [1.54, 1.807) is 0 Å². The van der Waals surface area contributed by atoms with Crippen molar-refractivity contribution in [3.63, 3.8) is 0 Å². The fourth-order valence-corrected chi connectivity index (χ4v) is 1.18. The predicted octanol–water partition coefficient (Wildman–Crippen LogP) is -0.339. The van der Waals surface area contributed by atoms with Gasteiger partial charge in [-0.05, 0) is 30.6 Å². The lowest BCUT2D eigenvalue weighted by Gasteiger charge is -2.09. The molecule has 12 heavy (non-hydrogen) atoms. The van der Waals surface area contributed by atoms with Crippen LogP contribution in [0.15, 0.2) is 36.7 Å². The molecule has 0 amide bonds. The Labute approximate surface area is 72.1 Å². The van der Waals surface area contributed by atoms with Gasteiger partial charge in [0.15, 0.2) is 6.33 Å². The number of aryl methyl sites for hydroxylation is 1. The summed E-state index contributed by atoms with van der Waals surface area (Å²) in [5.41, 5.74) is 0. The summed E-state index contributed by atoms with van der Waals surface area (Å²) in [5, 5.41) is 3.20. The van der Waals surface area contributed by atoms with Crippen LogP contribution in [0.25, 0.3) is 0 Å². The molecule has 1 aromatic heterocycles. The highest BCUT2D eigenvalue weighted by Gasteiger charge is 2.16. The molecule has 0 spiro atoms. The number of aromatic nitrogens is 2. The van der Waals surface area contributed by atoms with Gasteiger partial charge in [-0.15, -0.1) is 0 Å². The van der Waals surface area contributed by atoms with E-state index < -0.39 is 0 Å². The highest BCUT2D eigenvalue weighted by Crippen LogP contribution is 1.92. The van der Waals surface area contributed by atoms with E-state index in [4.69, 9.17) is 0 Å². The molecule has 0 radical (unpaired) electrons. The fourth-order valence-electron chi connectivity index (χ4n) is 1.18. The summed E-state index contributed by atoms with van der Waals surface area (Å²) in [7, 11) is 1.96. The van der Waals surface area contributed by atoms with Gasteiger partial charge < -0.3 is 14.3 Å². The summed E-state index contributed by atoms with van der Waals surface area (Å²) in [6.07, 6.45) is 13.0. The van der Waals surface area contributed by atoms with Crippen molar-refractivity contribution in [1.82, 2.24) is 9.71 Å². The van der Waals surface area contributed by atoms with Gasteiger partial charge in [-0.25, -0.2) is 0 Å². The van der Waals surface area contributed by atoms with Crippen LogP contribution < -0.4 is 9.79 Å². The molecule has 3 nitrogen and oxygen atoms in total. The lowest BCUT2D eigenvalue weighted by molar-refractivity contribution is -0.674. The zero-order valence-corrected chi connectivity index (χ0v) is 6.94. The molecule has 0 aromatic carbocycles. The van der Waals surface area contributed by atoms with E-state index in [0.717, 1.165) is 0 Å². The van der Waals surface area contributed by atoms with Crippen LogP contribution in [-0.4, -0.2) is 11.5 Å². The third-order valence-electron chi connectivity index (χ3n) is 1.79. The molecule has 0 aliphatic carbocycles. The van der Waals surface area contributed by atoms with Gasteiger partial charge in [0.25, 0.3) is 0 Å². The summed E-state index contributed by atoms with van der Waals surface area (Å²) in [4.78, 5) is 0. The van der Waals surface area contributed by atoms with Crippen molar-refractivity contribution in [1.29, 1.82) is 0 Å². The molecule has 0 atom stereocenters. The molecule has 0 unspecified atom stereocenters. The first-order valence-electron chi connectivity index (χ1n) is 3.91. The van der Waals surface area contributed by atoms with Crippen LogP contribution in [0.4, 0.5) is 0 Å². The van der Waals surface area contributed by atoms with Crippen LogP contribution in [0.5, 0.6) is 0 Å². The molecule has 0 saturated carbocycles. The third kappa shape index (κ3) is 1.28. The fraction of sp³-hybridized carbons (Fsp3) is 0.125. The minimum absolute atomic E-state index is 0.205. The molecular weight excluding hydrogens is 149 g/mol. The Balaban J connectivity index is 2.20. The predicted molar refractivity (Wildman–Crippen MR) is 47.0 cm³/mol. The van der Waals surface area contributed by atoms with Gasteiger partial charge in [-0.1, -0.05) is 6.08 Å². The van der Waals surface area contributed by atoms with Gasteiger partial charge in [0.1, 0.15) is 0 Å². The number of hydrogen-bond donors (Lipinski definition) is 1. The van der Waals surface area contributed by atoms with Crippen molar-refractivity contribution in [2.75, 3.05) is 0 Å². The molecule has 4 heteroatoms. The maximum absolute atomic E-state index is 3.20. The van der Waals surface area contributed by atoms with Crippen LogP contribution in [0, 0.1) is 6.33 Å². The van der Waals surface area contributed by atoms with Gasteiger partial charge in [0.05, 0.1) is 7.05 Å². The topological polar surface area (TPSA) is 20.8 Å². The highest BCUT2D eigenvalue weighted by molar-refractivity contribution is 6.60. The quantitative estimate of drug-likeness (QED) is 0.337. The van der Waals surface area contributed by atoms with Crippen LogP contribution in [0.1, 0.15) is 0 Å². The van der Waals surface area contributed by atoms with E-state index in [2.05, 4.69) is 17.5 Å². The van der Waals surface area contributed by atoms with E-state index in [9.17, 15) is 0 Å². The normalized spacial score (nSPS) is 14.9.